The topological polar surface area (TPSA) is 122 Å². The van der Waals surface area contributed by atoms with Crippen LogP contribution in [0.3, 0.4) is 0 Å². The SMILES string of the molecule is C=C(O)/C=C\C1=C(C)CN2C(=O)c3cc(OC)c(OCCCCCOc4cc5c(cc4OC)C(=O)N4Cc6ccccc6C[C@H]4C=N5)cc3N=C[C@@H]2C1. The molecular formula is C42H44N4O7. The number of methoxy groups -OCH3 is 2. The van der Waals surface area contributed by atoms with Gasteiger partial charge in [0.1, 0.15) is 5.76 Å². The quantitative estimate of drug-likeness (QED) is 0.117. The number of unbranched alkanes of at least 4 members (excludes halogenated alkanes) is 2. The van der Waals surface area contributed by atoms with E-state index in [9.17, 15) is 14.7 Å². The van der Waals surface area contributed by atoms with Crippen molar-refractivity contribution in [3.05, 3.63) is 106 Å². The zero-order chi connectivity index (χ0) is 37.1. The molecule has 0 fully saturated rings. The Morgan fingerprint density at radius 1 is 0.792 bits per heavy atom. The lowest BCUT2D eigenvalue weighted by Gasteiger charge is -2.34. The average Bonchev–Trinajstić information content (AvgIpc) is 3.37. The van der Waals surface area contributed by atoms with Gasteiger partial charge in [-0.25, -0.2) is 0 Å². The monoisotopic (exact) mass is 716 g/mol. The minimum absolute atomic E-state index is 0.0156. The molecule has 4 aliphatic rings. The summed E-state index contributed by atoms with van der Waals surface area (Å²) in [5, 5.41) is 9.51. The Kier molecular flexibility index (Phi) is 10.3. The normalized spacial score (nSPS) is 18.8. The van der Waals surface area contributed by atoms with Crippen molar-refractivity contribution in [3.8, 4) is 23.0 Å². The third-order valence-corrected chi connectivity index (χ3v) is 10.2. The molecule has 7 rings (SSSR count). The number of hydrogen-bond acceptors (Lipinski definition) is 9. The van der Waals surface area contributed by atoms with Crippen molar-refractivity contribution in [2.24, 2.45) is 9.98 Å². The number of benzene rings is 3. The van der Waals surface area contributed by atoms with Crippen LogP contribution < -0.4 is 18.9 Å². The number of aliphatic imine (C=N–C) groups is 2. The van der Waals surface area contributed by atoms with E-state index in [-0.39, 0.29) is 29.7 Å². The second-order valence-corrected chi connectivity index (χ2v) is 13.7. The molecule has 0 aliphatic carbocycles. The number of rotatable bonds is 12. The molecule has 0 unspecified atom stereocenters. The van der Waals surface area contributed by atoms with Crippen molar-refractivity contribution >= 4 is 35.6 Å². The molecule has 53 heavy (non-hydrogen) atoms. The van der Waals surface area contributed by atoms with E-state index in [0.717, 1.165) is 42.4 Å². The fourth-order valence-electron chi connectivity index (χ4n) is 7.24. The third kappa shape index (κ3) is 7.42. The van der Waals surface area contributed by atoms with Gasteiger partial charge in [-0.1, -0.05) is 42.5 Å². The van der Waals surface area contributed by atoms with Gasteiger partial charge in [0.25, 0.3) is 11.8 Å². The molecule has 4 aliphatic heterocycles. The van der Waals surface area contributed by atoms with Gasteiger partial charge in [0.05, 0.1) is 62.0 Å². The van der Waals surface area contributed by atoms with E-state index in [4.69, 9.17) is 28.9 Å². The zero-order valence-electron chi connectivity index (χ0n) is 30.3. The van der Waals surface area contributed by atoms with Crippen LogP contribution in [0.25, 0.3) is 0 Å². The van der Waals surface area contributed by atoms with E-state index in [0.29, 0.717) is 78.2 Å². The van der Waals surface area contributed by atoms with Gasteiger partial charge in [-0.2, -0.15) is 0 Å². The maximum absolute atomic E-state index is 13.7. The average molecular weight is 717 g/mol. The molecule has 0 spiro atoms. The third-order valence-electron chi connectivity index (χ3n) is 10.2. The number of ether oxygens (including phenoxy) is 4. The van der Waals surface area contributed by atoms with Gasteiger partial charge in [0.2, 0.25) is 0 Å². The Labute approximate surface area is 309 Å². The molecule has 11 heteroatoms. The number of aliphatic hydroxyl groups excluding tert-OH is 1. The van der Waals surface area contributed by atoms with Crippen molar-refractivity contribution in [2.45, 2.75) is 57.7 Å². The first-order valence-electron chi connectivity index (χ1n) is 18.0. The Morgan fingerprint density at radius 2 is 1.34 bits per heavy atom. The van der Waals surface area contributed by atoms with E-state index >= 15 is 0 Å². The first kappa shape index (κ1) is 35.6. The minimum Gasteiger partial charge on any atom is -0.509 e. The van der Waals surface area contributed by atoms with Crippen LogP contribution in [0.4, 0.5) is 11.4 Å². The van der Waals surface area contributed by atoms with Crippen LogP contribution in [0.2, 0.25) is 0 Å². The molecule has 0 saturated carbocycles. The van der Waals surface area contributed by atoms with Crippen LogP contribution in [0.1, 0.15) is 64.4 Å². The molecule has 2 atom stereocenters. The second kappa shape index (κ2) is 15.4. The second-order valence-electron chi connectivity index (χ2n) is 13.7. The smallest absolute Gasteiger partial charge is 0.257 e. The Bertz CT molecular complexity index is 2070. The minimum atomic E-state index is -0.218. The van der Waals surface area contributed by atoms with E-state index in [1.165, 1.54) is 5.56 Å². The van der Waals surface area contributed by atoms with Crippen molar-refractivity contribution in [2.75, 3.05) is 34.0 Å². The van der Waals surface area contributed by atoms with Crippen LogP contribution in [0.15, 0.2) is 94.2 Å². The van der Waals surface area contributed by atoms with Crippen molar-refractivity contribution in [1.82, 2.24) is 9.80 Å². The molecule has 4 heterocycles. The van der Waals surface area contributed by atoms with Crippen molar-refractivity contribution in [3.63, 3.8) is 0 Å². The van der Waals surface area contributed by atoms with Crippen LogP contribution >= 0.6 is 0 Å². The number of hydrogen-bond donors (Lipinski definition) is 1. The number of amides is 2. The first-order chi connectivity index (χ1) is 25.7. The Morgan fingerprint density at radius 3 is 1.91 bits per heavy atom. The number of nitrogens with zero attached hydrogens (tertiary/aromatic N) is 4. The van der Waals surface area contributed by atoms with Crippen molar-refractivity contribution < 1.29 is 33.6 Å². The van der Waals surface area contributed by atoms with E-state index in [2.05, 4.69) is 18.7 Å². The number of carbonyl (C=O) groups is 2. The maximum atomic E-state index is 13.7. The molecule has 11 nitrogen and oxygen atoms in total. The molecule has 0 radical (unpaired) electrons. The largest absolute Gasteiger partial charge is 0.509 e. The molecule has 274 valence electrons. The number of allylic oxidation sites excluding steroid dienone is 2. The summed E-state index contributed by atoms with van der Waals surface area (Å²) in [6.45, 7) is 7.40. The van der Waals surface area contributed by atoms with E-state index in [1.54, 1.807) is 50.8 Å². The lowest BCUT2D eigenvalue weighted by molar-refractivity contribution is 0.0701. The highest BCUT2D eigenvalue weighted by Gasteiger charge is 2.34. The number of aliphatic hydroxyl groups is 1. The molecule has 3 aromatic rings. The Hall–Kier alpha value is -5.84. The predicted molar refractivity (Wildman–Crippen MR) is 204 cm³/mol. The summed E-state index contributed by atoms with van der Waals surface area (Å²) < 4.78 is 23.5. The fraction of sp³-hybridized carbons (Fsp3) is 0.333. The molecule has 1 N–H and O–H groups in total. The summed E-state index contributed by atoms with van der Waals surface area (Å²) in [6, 6.07) is 14.9. The summed E-state index contributed by atoms with van der Waals surface area (Å²) in [5.41, 5.74) is 6.58. The maximum Gasteiger partial charge on any atom is 0.257 e. The standard InChI is InChI=1S/C42H44N4O7/c1-26-24-45-31(16-28(26)13-12-27(2)47)22-43-35-20-39(37(50-3)18-33(35)41(45)48)52-14-8-5-9-15-53-40-21-36-34(19-38(40)51-4)42(49)46-25-30-11-7-6-10-29(30)17-32(46)23-44-36/h6-7,10-13,18-23,31-32,47H,2,5,8-9,14-17,24-25H2,1,3-4H3/b13-12-/t31-,32-/m0/s1. The summed E-state index contributed by atoms with van der Waals surface area (Å²) in [6.07, 6.45) is 10.8. The highest BCUT2D eigenvalue weighted by atomic mass is 16.5. The van der Waals surface area contributed by atoms with Gasteiger partial charge in [0.15, 0.2) is 23.0 Å². The molecule has 0 bridgehead atoms. The lowest BCUT2D eigenvalue weighted by atomic mass is 9.94. The summed E-state index contributed by atoms with van der Waals surface area (Å²) in [4.78, 5) is 40.5. The highest BCUT2D eigenvalue weighted by Crippen LogP contribution is 2.40. The zero-order valence-corrected chi connectivity index (χ0v) is 30.3. The lowest BCUT2D eigenvalue weighted by Crippen LogP contribution is -2.44. The molecule has 0 aromatic heterocycles. The first-order valence-corrected chi connectivity index (χ1v) is 18.0. The van der Waals surface area contributed by atoms with Gasteiger partial charge in [0, 0.05) is 37.7 Å². The Balaban J connectivity index is 0.936. The van der Waals surface area contributed by atoms with Crippen LogP contribution in [0.5, 0.6) is 23.0 Å². The van der Waals surface area contributed by atoms with Crippen LogP contribution in [0, 0.1) is 0 Å². The summed E-state index contributed by atoms with van der Waals surface area (Å²) >= 11 is 0. The van der Waals surface area contributed by atoms with Crippen LogP contribution in [-0.2, 0) is 13.0 Å². The highest BCUT2D eigenvalue weighted by molar-refractivity contribution is 6.04. The molecular weight excluding hydrogens is 672 g/mol. The van der Waals surface area contributed by atoms with Gasteiger partial charge >= 0.3 is 0 Å². The van der Waals surface area contributed by atoms with E-state index in [1.807, 2.05) is 41.1 Å². The van der Waals surface area contributed by atoms with Gasteiger partial charge < -0.3 is 33.9 Å². The predicted octanol–water partition coefficient (Wildman–Crippen LogP) is 7.49. The summed E-state index contributed by atoms with van der Waals surface area (Å²) in [7, 11) is 3.13. The van der Waals surface area contributed by atoms with Gasteiger partial charge in [-0.15, -0.1) is 0 Å². The number of carbonyl (C=O) groups excluding carboxylic acids is 2. The number of fused-ring (bicyclic) bond motifs is 5. The summed E-state index contributed by atoms with van der Waals surface area (Å²) in [5.74, 6) is 1.84. The van der Waals surface area contributed by atoms with E-state index < -0.39 is 0 Å². The molecule has 3 aromatic carbocycles. The fourth-order valence-corrected chi connectivity index (χ4v) is 7.24. The van der Waals surface area contributed by atoms with Gasteiger partial charge in [-0.05, 0) is 73.9 Å². The molecule has 0 saturated heterocycles. The van der Waals surface area contributed by atoms with Crippen molar-refractivity contribution in [1.29, 1.82) is 0 Å². The van der Waals surface area contributed by atoms with Crippen LogP contribution in [-0.4, -0.2) is 85.2 Å². The van der Waals surface area contributed by atoms with Gasteiger partial charge in [-0.3, -0.25) is 19.6 Å². The molecule has 2 amide bonds.